The van der Waals surface area contributed by atoms with Gasteiger partial charge in [0.25, 0.3) is 5.91 Å². The summed E-state index contributed by atoms with van der Waals surface area (Å²) in [6.45, 7) is 2.02. The van der Waals surface area contributed by atoms with Gasteiger partial charge in [0.05, 0.1) is 20.3 Å². The lowest BCUT2D eigenvalue weighted by Gasteiger charge is -2.19. The molecule has 1 amide bonds. The standard InChI is InChI=1S/C20H22N4O3/c1-4-17(15-7-10-18(26-2)19(11-15)27-3)23-20(25)14-5-8-16(9-6-14)24-12-21-22-13-24/h5-13,17H,4H2,1-3H3,(H,23,25)/t17-/m0/s1. The molecule has 3 rings (SSSR count). The number of aromatic nitrogens is 3. The molecular weight excluding hydrogens is 344 g/mol. The Kier molecular flexibility index (Phi) is 5.71. The minimum absolute atomic E-state index is 0.130. The first-order valence-electron chi connectivity index (χ1n) is 8.64. The van der Waals surface area contributed by atoms with Crippen LogP contribution >= 0.6 is 0 Å². The van der Waals surface area contributed by atoms with Crippen molar-refractivity contribution in [2.45, 2.75) is 19.4 Å². The summed E-state index contributed by atoms with van der Waals surface area (Å²) in [5.41, 5.74) is 2.44. The predicted molar refractivity (Wildman–Crippen MR) is 101 cm³/mol. The van der Waals surface area contributed by atoms with Gasteiger partial charge in [0.2, 0.25) is 0 Å². The summed E-state index contributed by atoms with van der Waals surface area (Å²) in [7, 11) is 3.19. The summed E-state index contributed by atoms with van der Waals surface area (Å²) < 4.78 is 12.4. The molecule has 7 heteroatoms. The number of methoxy groups -OCH3 is 2. The Morgan fingerprint density at radius 2 is 1.70 bits per heavy atom. The molecule has 0 bridgehead atoms. The molecule has 0 aliphatic rings. The first kappa shape index (κ1) is 18.4. The molecule has 0 aliphatic heterocycles. The normalized spacial score (nSPS) is 11.7. The molecule has 0 spiro atoms. The lowest BCUT2D eigenvalue weighted by atomic mass is 10.0. The third-order valence-electron chi connectivity index (χ3n) is 4.37. The van der Waals surface area contributed by atoms with Crippen LogP contribution in [0.4, 0.5) is 0 Å². The third-order valence-corrected chi connectivity index (χ3v) is 4.37. The summed E-state index contributed by atoms with van der Waals surface area (Å²) in [6.07, 6.45) is 3.97. The van der Waals surface area contributed by atoms with Crippen molar-refractivity contribution in [3.05, 3.63) is 66.2 Å². The molecule has 3 aromatic rings. The summed E-state index contributed by atoms with van der Waals surface area (Å²) >= 11 is 0. The number of nitrogens with zero attached hydrogens (tertiary/aromatic N) is 3. The van der Waals surface area contributed by atoms with Gasteiger partial charge in [-0.15, -0.1) is 10.2 Å². The molecule has 1 aromatic heterocycles. The molecule has 140 valence electrons. The van der Waals surface area contributed by atoms with Crippen molar-refractivity contribution in [3.8, 4) is 17.2 Å². The molecule has 0 aliphatic carbocycles. The molecule has 0 saturated heterocycles. The Morgan fingerprint density at radius 1 is 1.04 bits per heavy atom. The van der Waals surface area contributed by atoms with Crippen LogP contribution < -0.4 is 14.8 Å². The molecule has 0 fully saturated rings. The molecule has 1 heterocycles. The van der Waals surface area contributed by atoms with Crippen LogP contribution in [-0.4, -0.2) is 34.9 Å². The minimum Gasteiger partial charge on any atom is -0.493 e. The average molecular weight is 366 g/mol. The Hall–Kier alpha value is -3.35. The molecule has 0 radical (unpaired) electrons. The monoisotopic (exact) mass is 366 g/mol. The minimum atomic E-state index is -0.132. The highest BCUT2D eigenvalue weighted by molar-refractivity contribution is 5.94. The Bertz CT molecular complexity index is 892. The zero-order valence-electron chi connectivity index (χ0n) is 15.5. The summed E-state index contributed by atoms with van der Waals surface area (Å²) in [5, 5.41) is 10.6. The van der Waals surface area contributed by atoms with Crippen molar-refractivity contribution >= 4 is 5.91 Å². The molecule has 0 unspecified atom stereocenters. The van der Waals surface area contributed by atoms with Crippen LogP contribution in [0.1, 0.15) is 35.3 Å². The van der Waals surface area contributed by atoms with Gasteiger partial charge in [-0.1, -0.05) is 13.0 Å². The maximum Gasteiger partial charge on any atom is 0.251 e. The average Bonchev–Trinajstić information content (AvgIpc) is 3.26. The zero-order valence-corrected chi connectivity index (χ0v) is 15.5. The first-order valence-corrected chi connectivity index (χ1v) is 8.64. The van der Waals surface area contributed by atoms with Crippen molar-refractivity contribution in [3.63, 3.8) is 0 Å². The first-order chi connectivity index (χ1) is 13.2. The van der Waals surface area contributed by atoms with E-state index >= 15 is 0 Å². The highest BCUT2D eigenvalue weighted by atomic mass is 16.5. The van der Waals surface area contributed by atoms with E-state index in [2.05, 4.69) is 15.5 Å². The fourth-order valence-corrected chi connectivity index (χ4v) is 2.85. The zero-order chi connectivity index (χ0) is 19.2. The molecule has 1 N–H and O–H groups in total. The number of hydrogen-bond donors (Lipinski definition) is 1. The van der Waals surface area contributed by atoms with Gasteiger partial charge in [-0.3, -0.25) is 9.36 Å². The van der Waals surface area contributed by atoms with Crippen LogP contribution in [0.15, 0.2) is 55.1 Å². The van der Waals surface area contributed by atoms with Crippen molar-refractivity contribution in [2.75, 3.05) is 14.2 Å². The number of hydrogen-bond acceptors (Lipinski definition) is 5. The van der Waals surface area contributed by atoms with Crippen LogP contribution in [0.2, 0.25) is 0 Å². The Balaban J connectivity index is 1.75. The van der Waals surface area contributed by atoms with E-state index in [1.54, 1.807) is 43.6 Å². The van der Waals surface area contributed by atoms with Crippen molar-refractivity contribution in [1.82, 2.24) is 20.1 Å². The van der Waals surface area contributed by atoms with Crippen LogP contribution in [0.5, 0.6) is 11.5 Å². The molecule has 7 nitrogen and oxygen atoms in total. The quantitative estimate of drug-likeness (QED) is 0.695. The number of carbonyl (C=O) groups excluding carboxylic acids is 1. The highest BCUT2D eigenvalue weighted by Gasteiger charge is 2.16. The predicted octanol–water partition coefficient (Wildman–Crippen LogP) is 3.17. The van der Waals surface area contributed by atoms with Gasteiger partial charge in [0, 0.05) is 11.3 Å². The van der Waals surface area contributed by atoms with Crippen LogP contribution in [0.25, 0.3) is 5.69 Å². The smallest absolute Gasteiger partial charge is 0.251 e. The Labute approximate surface area is 158 Å². The van der Waals surface area contributed by atoms with Crippen LogP contribution in [0, 0.1) is 0 Å². The number of ether oxygens (including phenoxy) is 2. The van der Waals surface area contributed by atoms with E-state index in [1.807, 2.05) is 37.3 Å². The fourth-order valence-electron chi connectivity index (χ4n) is 2.85. The maximum atomic E-state index is 12.7. The van der Waals surface area contributed by atoms with E-state index in [-0.39, 0.29) is 11.9 Å². The Morgan fingerprint density at radius 3 is 2.30 bits per heavy atom. The number of benzene rings is 2. The second kappa shape index (κ2) is 8.35. The fraction of sp³-hybridized carbons (Fsp3) is 0.250. The topological polar surface area (TPSA) is 78.3 Å². The van der Waals surface area contributed by atoms with Gasteiger partial charge in [0.15, 0.2) is 11.5 Å². The lowest BCUT2D eigenvalue weighted by molar-refractivity contribution is 0.0935. The lowest BCUT2D eigenvalue weighted by Crippen LogP contribution is -2.28. The number of rotatable bonds is 7. The molecule has 1 atom stereocenters. The molecule has 2 aromatic carbocycles. The van der Waals surface area contributed by atoms with Gasteiger partial charge < -0.3 is 14.8 Å². The summed E-state index contributed by atoms with van der Waals surface area (Å²) in [5.74, 6) is 1.17. The van der Waals surface area contributed by atoms with E-state index < -0.39 is 0 Å². The number of amides is 1. The second-order valence-corrected chi connectivity index (χ2v) is 5.96. The van der Waals surface area contributed by atoms with Gasteiger partial charge in [0.1, 0.15) is 12.7 Å². The van der Waals surface area contributed by atoms with E-state index in [0.717, 1.165) is 17.7 Å². The summed E-state index contributed by atoms with van der Waals surface area (Å²) in [4.78, 5) is 12.7. The van der Waals surface area contributed by atoms with E-state index in [1.165, 1.54) is 0 Å². The number of nitrogens with one attached hydrogen (secondary N) is 1. The highest BCUT2D eigenvalue weighted by Crippen LogP contribution is 2.31. The van der Waals surface area contributed by atoms with Gasteiger partial charge in [-0.2, -0.15) is 0 Å². The van der Waals surface area contributed by atoms with Gasteiger partial charge >= 0.3 is 0 Å². The SMILES string of the molecule is CC[C@H](NC(=O)c1ccc(-n2cnnc2)cc1)c1ccc(OC)c(OC)c1. The van der Waals surface area contributed by atoms with Crippen molar-refractivity contribution in [1.29, 1.82) is 0 Å². The number of carbonyl (C=O) groups is 1. The second-order valence-electron chi connectivity index (χ2n) is 5.96. The van der Waals surface area contributed by atoms with E-state index in [0.29, 0.717) is 17.1 Å². The van der Waals surface area contributed by atoms with E-state index in [9.17, 15) is 4.79 Å². The van der Waals surface area contributed by atoms with Gasteiger partial charge in [-0.25, -0.2) is 0 Å². The largest absolute Gasteiger partial charge is 0.493 e. The molecule has 27 heavy (non-hydrogen) atoms. The van der Waals surface area contributed by atoms with E-state index in [4.69, 9.17) is 9.47 Å². The van der Waals surface area contributed by atoms with Crippen LogP contribution in [-0.2, 0) is 0 Å². The summed E-state index contributed by atoms with van der Waals surface area (Å²) in [6, 6.07) is 12.8. The molecule has 0 saturated carbocycles. The molecular formula is C20H22N4O3. The van der Waals surface area contributed by atoms with Crippen molar-refractivity contribution in [2.24, 2.45) is 0 Å². The van der Waals surface area contributed by atoms with Crippen LogP contribution in [0.3, 0.4) is 0 Å². The van der Waals surface area contributed by atoms with Gasteiger partial charge in [-0.05, 0) is 48.4 Å². The maximum absolute atomic E-state index is 12.7. The van der Waals surface area contributed by atoms with Crippen molar-refractivity contribution < 1.29 is 14.3 Å². The third kappa shape index (κ3) is 4.08.